The van der Waals surface area contributed by atoms with E-state index in [9.17, 15) is 14.0 Å². The van der Waals surface area contributed by atoms with Gasteiger partial charge in [0, 0.05) is 30.3 Å². The summed E-state index contributed by atoms with van der Waals surface area (Å²) in [6, 6.07) is 19.4. The Balaban J connectivity index is 0.000000176. The minimum absolute atomic E-state index is 0.0690. The summed E-state index contributed by atoms with van der Waals surface area (Å²) in [7, 11) is 0. The maximum absolute atomic E-state index is 13.1. The smallest absolute Gasteiger partial charge is 0.240 e. The molecule has 1 aliphatic carbocycles. The Bertz CT molecular complexity index is 2640. The largest absolute Gasteiger partial charge is 0.438 e. The van der Waals surface area contributed by atoms with Crippen LogP contribution in [0.4, 0.5) is 21.5 Å². The first-order valence-electron chi connectivity index (χ1n) is 20.1. The number of nitrogens with zero attached hydrogens (tertiary/aromatic N) is 8. The van der Waals surface area contributed by atoms with Gasteiger partial charge < -0.3 is 35.3 Å². The molecule has 2 amide bonds. The van der Waals surface area contributed by atoms with Crippen LogP contribution in [-0.2, 0) is 19.1 Å². The van der Waals surface area contributed by atoms with E-state index >= 15 is 0 Å². The molecular weight excluding hydrogens is 786 g/mol. The second-order valence-electron chi connectivity index (χ2n) is 14.9. The third kappa shape index (κ3) is 8.66. The summed E-state index contributed by atoms with van der Waals surface area (Å²) in [6.07, 6.45) is 13.1. The van der Waals surface area contributed by atoms with Crippen LogP contribution in [0.3, 0.4) is 0 Å². The number of nitrogens with one attached hydrogen (secondary N) is 2. The lowest BCUT2D eigenvalue weighted by Gasteiger charge is -2.22. The number of hydrogen-bond donors (Lipinski definition) is 3. The van der Waals surface area contributed by atoms with Gasteiger partial charge >= 0.3 is 0 Å². The van der Waals surface area contributed by atoms with Gasteiger partial charge in [-0.3, -0.25) is 9.59 Å². The first-order valence-corrected chi connectivity index (χ1v) is 20.1. The summed E-state index contributed by atoms with van der Waals surface area (Å²) in [4.78, 5) is 42.9. The van der Waals surface area contributed by atoms with Crippen LogP contribution < -0.4 is 25.8 Å². The molecule has 2 atom stereocenters. The van der Waals surface area contributed by atoms with Gasteiger partial charge in [-0.1, -0.05) is 0 Å². The molecule has 61 heavy (non-hydrogen) atoms. The lowest BCUT2D eigenvalue weighted by atomic mass is 10.0. The quantitative estimate of drug-likeness (QED) is 0.0893. The van der Waals surface area contributed by atoms with Crippen molar-refractivity contribution < 1.29 is 32.9 Å². The highest BCUT2D eigenvalue weighted by Crippen LogP contribution is 2.47. The average molecular weight is 828 g/mol. The number of nitrogens with two attached hydrogens (primary N) is 1. The van der Waals surface area contributed by atoms with Crippen LogP contribution in [0.1, 0.15) is 63.8 Å². The number of carbonyl (C=O) groups excluding carboxylic acids is 2. The zero-order chi connectivity index (χ0) is 41.8. The molecule has 0 bridgehead atoms. The zero-order valence-corrected chi connectivity index (χ0v) is 32.9. The van der Waals surface area contributed by atoms with Crippen LogP contribution in [0.5, 0.6) is 23.3 Å². The van der Waals surface area contributed by atoms with Crippen LogP contribution in [0, 0.1) is 11.2 Å². The zero-order valence-electron chi connectivity index (χ0n) is 32.9. The Labute approximate surface area is 348 Å². The molecule has 4 aromatic heterocycles. The molecule has 1 saturated carbocycles. The van der Waals surface area contributed by atoms with Crippen molar-refractivity contribution in [1.29, 1.82) is 0 Å². The van der Waals surface area contributed by atoms with E-state index in [-0.39, 0.29) is 18.4 Å². The van der Waals surface area contributed by atoms with Gasteiger partial charge in [0.2, 0.25) is 23.6 Å². The summed E-state index contributed by atoms with van der Waals surface area (Å²) >= 11 is 0. The van der Waals surface area contributed by atoms with Crippen molar-refractivity contribution in [2.24, 2.45) is 5.41 Å². The van der Waals surface area contributed by atoms with Crippen molar-refractivity contribution in [2.45, 2.75) is 63.8 Å². The Kier molecular flexibility index (Phi) is 11.2. The summed E-state index contributed by atoms with van der Waals surface area (Å²) in [5.41, 5.74) is 7.56. The molecule has 0 spiro atoms. The lowest BCUT2D eigenvalue weighted by molar-refractivity contribution is -0.131. The molecule has 17 nitrogen and oxygen atoms in total. The highest BCUT2D eigenvalue weighted by Gasteiger charge is 2.56. The SMILES string of the molecule is Nc1ccc(Oc2ncnc3c2cnn3C2CCCCO2)cc1.O=C(Nc1ccc(F)cc1)C1(C(=O)Nc2ccc(Oc3ncnc4c3cnn4C3CCCCO3)cc2)CC1. The van der Waals surface area contributed by atoms with E-state index in [2.05, 4.69) is 40.8 Å². The Morgan fingerprint density at radius 1 is 0.656 bits per heavy atom. The van der Waals surface area contributed by atoms with E-state index in [0.717, 1.165) is 56.2 Å². The summed E-state index contributed by atoms with van der Waals surface area (Å²) in [6.45, 7) is 1.45. The van der Waals surface area contributed by atoms with Crippen molar-refractivity contribution in [3.63, 3.8) is 0 Å². The van der Waals surface area contributed by atoms with Gasteiger partial charge in [-0.15, -0.1) is 0 Å². The third-order valence-corrected chi connectivity index (χ3v) is 10.7. The molecular formula is C43H42FN11O6. The van der Waals surface area contributed by atoms with Crippen LogP contribution in [-0.4, -0.2) is 64.5 Å². The number of nitrogen functional groups attached to an aromatic ring is 1. The Morgan fingerprint density at radius 3 is 1.56 bits per heavy atom. The fourth-order valence-electron chi connectivity index (χ4n) is 7.18. The normalized spacial score (nSPS) is 18.1. The monoisotopic (exact) mass is 827 g/mol. The van der Waals surface area contributed by atoms with Gasteiger partial charge in [-0.25, -0.2) is 33.7 Å². The highest BCUT2D eigenvalue weighted by molar-refractivity contribution is 6.16. The molecule has 0 radical (unpaired) electrons. The number of benzene rings is 3. The number of amides is 2. The second kappa shape index (κ2) is 17.3. The Morgan fingerprint density at radius 2 is 1.11 bits per heavy atom. The summed E-state index contributed by atoms with van der Waals surface area (Å²) in [5, 5.41) is 15.8. The third-order valence-electron chi connectivity index (χ3n) is 10.7. The van der Waals surface area contributed by atoms with E-state index in [0.29, 0.717) is 70.8 Å². The number of ether oxygens (including phenoxy) is 4. The minimum atomic E-state index is -1.14. The van der Waals surface area contributed by atoms with E-state index in [4.69, 9.17) is 24.7 Å². The van der Waals surface area contributed by atoms with E-state index in [1.165, 1.54) is 36.9 Å². The number of aromatic nitrogens is 8. The number of anilines is 3. The summed E-state index contributed by atoms with van der Waals surface area (Å²) < 4.78 is 40.2. The minimum Gasteiger partial charge on any atom is -0.438 e. The lowest BCUT2D eigenvalue weighted by Crippen LogP contribution is -2.35. The van der Waals surface area contributed by atoms with Crippen molar-refractivity contribution in [1.82, 2.24) is 39.5 Å². The van der Waals surface area contributed by atoms with E-state index < -0.39 is 17.1 Å². The number of fused-ring (bicyclic) bond motifs is 2. The van der Waals surface area contributed by atoms with E-state index in [1.54, 1.807) is 65.6 Å². The first-order chi connectivity index (χ1) is 29.8. The molecule has 3 aliphatic rings. The molecule has 6 heterocycles. The van der Waals surface area contributed by atoms with E-state index in [1.807, 2.05) is 4.68 Å². The maximum atomic E-state index is 13.1. The van der Waals surface area contributed by atoms with Crippen LogP contribution >= 0.6 is 0 Å². The molecule has 2 aliphatic heterocycles. The fraction of sp³-hybridized carbons (Fsp3) is 0.302. The van der Waals surface area contributed by atoms with Gasteiger partial charge in [0.1, 0.15) is 46.2 Å². The molecule has 7 aromatic rings. The number of hydrogen-bond acceptors (Lipinski definition) is 13. The van der Waals surface area contributed by atoms with Gasteiger partial charge in [-0.2, -0.15) is 10.2 Å². The topological polar surface area (TPSA) is 208 Å². The standard InChI is InChI=1S/C27H25FN6O4.C16H17N5O2/c28-17-4-6-18(7-5-17)32-25(35)27(12-13-27)26(36)33-19-8-10-20(11-9-19)38-24-21-15-31-34(23(21)29-16-30-24)22-3-1-2-14-37-22;17-11-4-6-12(7-5-11)23-16-13-9-20-21(15(13)18-10-19-16)14-3-1-2-8-22-14/h4-11,15-16,22H,1-3,12-14H2,(H,32,35)(H,33,36);4-7,9-10,14H,1-3,8,17H2. The fourth-order valence-corrected chi connectivity index (χ4v) is 7.18. The first kappa shape index (κ1) is 39.4. The van der Waals surface area contributed by atoms with Crippen LogP contribution in [0.25, 0.3) is 22.1 Å². The summed E-state index contributed by atoms with van der Waals surface area (Å²) in [5.74, 6) is 0.822. The second-order valence-corrected chi connectivity index (χ2v) is 14.9. The van der Waals surface area contributed by atoms with Crippen molar-refractivity contribution in [3.8, 4) is 23.3 Å². The van der Waals surface area contributed by atoms with Gasteiger partial charge in [0.05, 0.1) is 12.4 Å². The molecule has 312 valence electrons. The van der Waals surface area contributed by atoms with Crippen molar-refractivity contribution >= 4 is 50.9 Å². The average Bonchev–Trinajstić information content (AvgIpc) is 3.81. The van der Waals surface area contributed by atoms with Crippen LogP contribution in [0.2, 0.25) is 0 Å². The molecule has 3 aromatic carbocycles. The van der Waals surface area contributed by atoms with Crippen LogP contribution in [0.15, 0.2) is 97.8 Å². The highest BCUT2D eigenvalue weighted by atomic mass is 19.1. The van der Waals surface area contributed by atoms with Crippen molar-refractivity contribution in [3.05, 3.63) is 104 Å². The molecule has 10 rings (SSSR count). The molecule has 2 unspecified atom stereocenters. The molecule has 2 saturated heterocycles. The molecule has 18 heteroatoms. The van der Waals surface area contributed by atoms with Gasteiger partial charge in [-0.05, 0) is 124 Å². The predicted molar refractivity (Wildman–Crippen MR) is 221 cm³/mol. The van der Waals surface area contributed by atoms with Crippen molar-refractivity contribution in [2.75, 3.05) is 29.6 Å². The van der Waals surface area contributed by atoms with Gasteiger partial charge in [0.25, 0.3) is 0 Å². The predicted octanol–water partition coefficient (Wildman–Crippen LogP) is 7.71. The number of halogens is 1. The maximum Gasteiger partial charge on any atom is 0.240 e. The number of carbonyl (C=O) groups is 2. The molecule has 3 fully saturated rings. The molecule has 4 N–H and O–H groups in total. The Hall–Kier alpha value is -7.05. The number of rotatable bonds is 10. The van der Waals surface area contributed by atoms with Gasteiger partial charge in [0.15, 0.2) is 23.8 Å².